The summed E-state index contributed by atoms with van der Waals surface area (Å²) >= 11 is 5.97. The van der Waals surface area contributed by atoms with Crippen LogP contribution in [0.1, 0.15) is 25.3 Å². The van der Waals surface area contributed by atoms with Crippen LogP contribution in [0.2, 0.25) is 5.02 Å². The molecule has 0 unspecified atom stereocenters. The summed E-state index contributed by atoms with van der Waals surface area (Å²) in [5, 5.41) is 6.05. The largest absolute Gasteiger partial charge is 0.479 e. The summed E-state index contributed by atoms with van der Waals surface area (Å²) < 4.78 is 33.8. The minimum absolute atomic E-state index is 0.0826. The minimum Gasteiger partial charge on any atom is -0.479 e. The van der Waals surface area contributed by atoms with Crippen LogP contribution in [0.15, 0.2) is 41.3 Å². The van der Waals surface area contributed by atoms with Gasteiger partial charge in [0.1, 0.15) is 5.75 Å². The zero-order valence-electron chi connectivity index (χ0n) is 17.7. The van der Waals surface area contributed by atoms with Gasteiger partial charge in [-0.2, -0.15) is 4.31 Å². The molecule has 0 aliphatic carbocycles. The Morgan fingerprint density at radius 2 is 2.06 bits per heavy atom. The van der Waals surface area contributed by atoms with Gasteiger partial charge in [-0.25, -0.2) is 8.42 Å². The van der Waals surface area contributed by atoms with Gasteiger partial charge in [0.05, 0.1) is 16.5 Å². The van der Waals surface area contributed by atoms with Crippen molar-refractivity contribution in [3.63, 3.8) is 0 Å². The van der Waals surface area contributed by atoms with Crippen LogP contribution in [0, 0.1) is 12.8 Å². The number of sulfonamides is 1. The molecule has 2 aliphatic heterocycles. The van der Waals surface area contributed by atoms with Crippen molar-refractivity contribution in [3.05, 3.63) is 47.0 Å². The number of aryl methyl sites for hydroxylation is 1. The molecule has 0 aromatic heterocycles. The maximum absolute atomic E-state index is 13.4. The predicted molar refractivity (Wildman–Crippen MR) is 121 cm³/mol. The van der Waals surface area contributed by atoms with Crippen molar-refractivity contribution in [2.75, 3.05) is 23.7 Å². The third kappa shape index (κ3) is 4.46. The van der Waals surface area contributed by atoms with Gasteiger partial charge in [0.2, 0.25) is 15.9 Å². The zero-order valence-corrected chi connectivity index (χ0v) is 19.3. The lowest BCUT2D eigenvalue weighted by atomic mass is 9.99. The van der Waals surface area contributed by atoms with E-state index in [4.69, 9.17) is 16.3 Å². The van der Waals surface area contributed by atoms with Gasteiger partial charge < -0.3 is 15.4 Å². The number of fused-ring (bicyclic) bond motifs is 1. The molecule has 170 valence electrons. The molecule has 32 heavy (non-hydrogen) atoms. The average molecular weight is 478 g/mol. The monoisotopic (exact) mass is 477 g/mol. The summed E-state index contributed by atoms with van der Waals surface area (Å²) in [6.07, 6.45) is 0.449. The van der Waals surface area contributed by atoms with E-state index in [1.165, 1.54) is 10.4 Å². The number of benzene rings is 2. The Labute approximate surface area is 191 Å². The van der Waals surface area contributed by atoms with Gasteiger partial charge in [0, 0.05) is 29.9 Å². The van der Waals surface area contributed by atoms with E-state index in [1.807, 2.05) is 0 Å². The number of nitrogens with one attached hydrogen (secondary N) is 2. The fourth-order valence-electron chi connectivity index (χ4n) is 3.95. The molecular formula is C22H24ClN3O5S. The number of amides is 2. The molecule has 4 rings (SSSR count). The van der Waals surface area contributed by atoms with Crippen LogP contribution in [0.5, 0.6) is 5.75 Å². The smallest absolute Gasteiger partial charge is 0.265 e. The van der Waals surface area contributed by atoms with E-state index in [0.29, 0.717) is 47.1 Å². The Morgan fingerprint density at radius 1 is 1.28 bits per heavy atom. The molecule has 2 aromatic carbocycles. The highest BCUT2D eigenvalue weighted by Gasteiger charge is 2.35. The summed E-state index contributed by atoms with van der Waals surface area (Å²) in [5.74, 6) is -0.689. The molecule has 0 saturated carbocycles. The van der Waals surface area contributed by atoms with E-state index >= 15 is 0 Å². The molecule has 2 amide bonds. The Bertz CT molecular complexity index is 1180. The summed E-state index contributed by atoms with van der Waals surface area (Å²) in [7, 11) is -3.86. The van der Waals surface area contributed by atoms with Crippen LogP contribution in [-0.2, 0) is 19.6 Å². The molecule has 0 bridgehead atoms. The number of anilines is 2. The van der Waals surface area contributed by atoms with Crippen molar-refractivity contribution in [2.24, 2.45) is 5.92 Å². The lowest BCUT2D eigenvalue weighted by molar-refractivity contribution is -0.123. The second-order valence-corrected chi connectivity index (χ2v) is 10.4. The Morgan fingerprint density at radius 3 is 2.81 bits per heavy atom. The van der Waals surface area contributed by atoms with Gasteiger partial charge in [-0.15, -0.1) is 0 Å². The molecule has 0 radical (unpaired) electrons. The summed E-state index contributed by atoms with van der Waals surface area (Å²) in [5.41, 5.74) is 1.51. The van der Waals surface area contributed by atoms with Crippen LogP contribution in [0.4, 0.5) is 11.4 Å². The zero-order chi connectivity index (χ0) is 23.0. The van der Waals surface area contributed by atoms with E-state index in [2.05, 4.69) is 10.6 Å². The number of hydrogen-bond acceptors (Lipinski definition) is 5. The Hall–Kier alpha value is -2.62. The number of carbonyl (C=O) groups excluding carboxylic acids is 2. The fourth-order valence-corrected chi connectivity index (χ4v) is 5.88. The van der Waals surface area contributed by atoms with Crippen LogP contribution >= 0.6 is 11.6 Å². The fraction of sp³-hybridized carbons (Fsp3) is 0.364. The van der Waals surface area contributed by atoms with E-state index in [-0.39, 0.29) is 23.3 Å². The van der Waals surface area contributed by atoms with Gasteiger partial charge in [-0.1, -0.05) is 17.7 Å². The number of nitrogens with zero attached hydrogens (tertiary/aromatic N) is 1. The molecule has 2 N–H and O–H groups in total. The molecule has 1 fully saturated rings. The van der Waals surface area contributed by atoms with Gasteiger partial charge in [0.15, 0.2) is 6.10 Å². The van der Waals surface area contributed by atoms with Crippen molar-refractivity contribution in [1.29, 1.82) is 0 Å². The van der Waals surface area contributed by atoms with Crippen LogP contribution in [0.3, 0.4) is 0 Å². The summed E-state index contributed by atoms with van der Waals surface area (Å²) in [6.45, 7) is 3.68. The topological polar surface area (TPSA) is 105 Å². The highest BCUT2D eigenvalue weighted by atomic mass is 35.5. The molecular weight excluding hydrogens is 454 g/mol. The van der Waals surface area contributed by atoms with Crippen LogP contribution in [0.25, 0.3) is 0 Å². The lowest BCUT2D eigenvalue weighted by Crippen LogP contribution is -2.44. The number of hydrogen-bond donors (Lipinski definition) is 2. The molecule has 10 heteroatoms. The molecule has 2 heterocycles. The SMILES string of the molecule is Cc1cc2c(cc1S(=O)(=O)N1CCC[C@H](C(=O)Nc3cccc(Cl)c3)C1)O[C@H](C)C(=O)N2. The van der Waals surface area contributed by atoms with Gasteiger partial charge in [0.25, 0.3) is 5.91 Å². The third-order valence-electron chi connectivity index (χ3n) is 5.67. The molecule has 1 saturated heterocycles. The molecule has 2 aromatic rings. The second kappa shape index (κ2) is 8.73. The quantitative estimate of drug-likeness (QED) is 0.702. The normalized spacial score (nSPS) is 21.3. The number of ether oxygens (including phenoxy) is 1. The van der Waals surface area contributed by atoms with Crippen molar-refractivity contribution < 1.29 is 22.7 Å². The third-order valence-corrected chi connectivity index (χ3v) is 7.92. The summed E-state index contributed by atoms with van der Waals surface area (Å²) in [6, 6.07) is 9.87. The number of piperidine rings is 1. The highest BCUT2D eigenvalue weighted by Crippen LogP contribution is 2.36. The van der Waals surface area contributed by atoms with Gasteiger partial charge in [-0.3, -0.25) is 9.59 Å². The van der Waals surface area contributed by atoms with Crippen LogP contribution in [-0.4, -0.2) is 43.7 Å². The van der Waals surface area contributed by atoms with Crippen molar-refractivity contribution >= 4 is 44.8 Å². The maximum atomic E-state index is 13.4. The van der Waals surface area contributed by atoms with E-state index in [1.54, 1.807) is 44.2 Å². The Kier molecular flexibility index (Phi) is 6.15. The van der Waals surface area contributed by atoms with E-state index in [0.717, 1.165) is 0 Å². The van der Waals surface area contributed by atoms with Crippen molar-refractivity contribution in [2.45, 2.75) is 37.7 Å². The first-order valence-electron chi connectivity index (χ1n) is 10.3. The van der Waals surface area contributed by atoms with E-state index < -0.39 is 22.0 Å². The summed E-state index contributed by atoms with van der Waals surface area (Å²) in [4.78, 5) is 24.7. The maximum Gasteiger partial charge on any atom is 0.265 e. The molecule has 2 aliphatic rings. The van der Waals surface area contributed by atoms with Crippen molar-refractivity contribution in [1.82, 2.24) is 4.31 Å². The first-order chi connectivity index (χ1) is 15.1. The Balaban J connectivity index is 1.54. The molecule has 0 spiro atoms. The number of rotatable bonds is 4. The number of carbonyl (C=O) groups is 2. The van der Waals surface area contributed by atoms with Crippen molar-refractivity contribution in [3.8, 4) is 5.75 Å². The van der Waals surface area contributed by atoms with Gasteiger partial charge in [-0.05, 0) is 56.5 Å². The standard InChI is InChI=1S/C22H24ClN3O5S/c1-13-9-18-19(31-14(2)21(27)25-18)11-20(13)32(29,30)26-8-4-5-15(12-26)22(28)24-17-7-3-6-16(23)10-17/h3,6-7,9-11,14-15H,4-5,8,12H2,1-2H3,(H,24,28)(H,25,27)/t14-,15+/m1/s1. The van der Waals surface area contributed by atoms with Crippen LogP contribution < -0.4 is 15.4 Å². The first-order valence-corrected chi connectivity index (χ1v) is 12.2. The van der Waals surface area contributed by atoms with Gasteiger partial charge >= 0.3 is 0 Å². The average Bonchev–Trinajstić information content (AvgIpc) is 2.74. The highest BCUT2D eigenvalue weighted by molar-refractivity contribution is 7.89. The molecule has 8 nitrogen and oxygen atoms in total. The number of halogens is 1. The second-order valence-electron chi connectivity index (χ2n) is 8.06. The minimum atomic E-state index is -3.86. The first kappa shape index (κ1) is 22.6. The van der Waals surface area contributed by atoms with E-state index in [9.17, 15) is 18.0 Å². The predicted octanol–water partition coefficient (Wildman–Crippen LogP) is 3.41. The lowest BCUT2D eigenvalue weighted by Gasteiger charge is -2.32. The molecule has 2 atom stereocenters.